The first kappa shape index (κ1) is 20.5. The molecule has 0 atom stereocenters. The quantitative estimate of drug-likeness (QED) is 0.697. The first-order valence-corrected chi connectivity index (χ1v) is 11.8. The third-order valence-electron chi connectivity index (χ3n) is 6.68. The Labute approximate surface area is 172 Å². The van der Waals surface area contributed by atoms with Crippen LogP contribution in [0.3, 0.4) is 0 Å². The van der Waals surface area contributed by atoms with Crippen LogP contribution in [0.5, 0.6) is 0 Å². The number of likely N-dealkylation sites (tertiary alicyclic amines) is 1. The molecule has 1 aromatic carbocycles. The molecule has 2 amide bonds. The summed E-state index contributed by atoms with van der Waals surface area (Å²) >= 11 is 0. The molecule has 1 spiro atoms. The maximum Gasteiger partial charge on any atom is 0.243 e. The van der Waals surface area contributed by atoms with Gasteiger partial charge in [0.25, 0.3) is 0 Å². The second kappa shape index (κ2) is 7.49. The topological polar surface area (TPSA) is 78.0 Å². The fourth-order valence-corrected chi connectivity index (χ4v) is 6.61. The molecule has 1 saturated carbocycles. The Kier molecular flexibility index (Phi) is 5.29. The van der Waals surface area contributed by atoms with Gasteiger partial charge >= 0.3 is 0 Å². The van der Waals surface area contributed by atoms with Gasteiger partial charge < -0.3 is 0 Å². The maximum atomic E-state index is 13.1. The van der Waals surface area contributed by atoms with Gasteiger partial charge in [-0.3, -0.25) is 19.4 Å². The van der Waals surface area contributed by atoms with E-state index in [1.165, 1.54) is 9.21 Å². The van der Waals surface area contributed by atoms with E-state index in [1.54, 1.807) is 6.07 Å². The molecule has 3 aliphatic rings. The van der Waals surface area contributed by atoms with Crippen LogP contribution in [0.2, 0.25) is 0 Å². The van der Waals surface area contributed by atoms with E-state index >= 15 is 0 Å². The average Bonchev–Trinajstić information content (AvgIpc) is 3.25. The summed E-state index contributed by atoms with van der Waals surface area (Å²) in [5.74, 6) is -0.104. The van der Waals surface area contributed by atoms with Crippen molar-refractivity contribution in [3.63, 3.8) is 0 Å². The monoisotopic (exact) mass is 419 g/mol. The number of hydrogen-bond donors (Lipinski definition) is 0. The Morgan fingerprint density at radius 3 is 2.31 bits per heavy atom. The molecule has 4 rings (SSSR count). The van der Waals surface area contributed by atoms with Crippen LogP contribution < -0.4 is 0 Å². The van der Waals surface area contributed by atoms with Gasteiger partial charge in [-0.15, -0.1) is 0 Å². The van der Waals surface area contributed by atoms with Crippen molar-refractivity contribution < 1.29 is 18.0 Å². The van der Waals surface area contributed by atoms with Gasteiger partial charge in [0.2, 0.25) is 21.8 Å². The van der Waals surface area contributed by atoms with Crippen molar-refractivity contribution in [1.82, 2.24) is 14.1 Å². The molecule has 0 aromatic heterocycles. The number of imide groups is 1. The molecular formula is C21H29N3O4S. The zero-order chi connectivity index (χ0) is 20.8. The summed E-state index contributed by atoms with van der Waals surface area (Å²) in [4.78, 5) is 29.1. The Bertz CT molecular complexity index is 929. The van der Waals surface area contributed by atoms with Gasteiger partial charge in [0.1, 0.15) is 0 Å². The van der Waals surface area contributed by atoms with Crippen molar-refractivity contribution in [2.75, 3.05) is 32.8 Å². The lowest BCUT2D eigenvalue weighted by molar-refractivity contribution is -0.144. The minimum Gasteiger partial charge on any atom is -0.283 e. The van der Waals surface area contributed by atoms with Crippen LogP contribution in [0.4, 0.5) is 0 Å². The van der Waals surface area contributed by atoms with Crippen LogP contribution >= 0.6 is 0 Å². The van der Waals surface area contributed by atoms with Gasteiger partial charge in [-0.05, 0) is 43.9 Å². The van der Waals surface area contributed by atoms with Crippen molar-refractivity contribution in [2.45, 2.75) is 50.8 Å². The summed E-state index contributed by atoms with van der Waals surface area (Å²) in [6.07, 6.45) is 4.00. The van der Waals surface area contributed by atoms with E-state index in [2.05, 4.69) is 0 Å². The first-order valence-electron chi connectivity index (χ1n) is 10.4. The number of rotatable bonds is 4. The summed E-state index contributed by atoms with van der Waals surface area (Å²) in [5, 5.41) is 0. The molecule has 2 saturated heterocycles. The largest absolute Gasteiger partial charge is 0.283 e. The minimum absolute atomic E-state index is 0.0227. The number of piperazine rings is 1. The Morgan fingerprint density at radius 2 is 1.66 bits per heavy atom. The number of amides is 2. The molecule has 29 heavy (non-hydrogen) atoms. The van der Waals surface area contributed by atoms with Crippen LogP contribution in [0, 0.1) is 19.3 Å². The molecule has 1 aliphatic carbocycles. The van der Waals surface area contributed by atoms with E-state index in [-0.39, 0.29) is 18.5 Å². The number of aryl methyl sites for hydroxylation is 2. The fourth-order valence-electron chi connectivity index (χ4n) is 4.88. The highest BCUT2D eigenvalue weighted by Crippen LogP contribution is 2.46. The molecule has 1 aromatic rings. The van der Waals surface area contributed by atoms with Crippen LogP contribution in [-0.4, -0.2) is 67.2 Å². The van der Waals surface area contributed by atoms with E-state index in [1.807, 2.05) is 30.9 Å². The van der Waals surface area contributed by atoms with Crippen molar-refractivity contribution in [3.05, 3.63) is 29.3 Å². The van der Waals surface area contributed by atoms with E-state index in [0.717, 1.165) is 36.8 Å². The van der Waals surface area contributed by atoms with Crippen LogP contribution in [-0.2, 0) is 19.6 Å². The Balaban J connectivity index is 1.40. The van der Waals surface area contributed by atoms with Gasteiger partial charge in [-0.2, -0.15) is 4.31 Å². The molecule has 0 radical (unpaired) electrons. The van der Waals surface area contributed by atoms with Crippen molar-refractivity contribution in [2.24, 2.45) is 5.41 Å². The number of carbonyl (C=O) groups is 2. The SMILES string of the molecule is Cc1ccc(C)c(S(=O)(=O)N2CCN(CN3C(=O)CC4(CCCC4)C3=O)CC2)c1. The molecule has 2 aliphatic heterocycles. The number of sulfonamides is 1. The van der Waals surface area contributed by atoms with E-state index in [4.69, 9.17) is 0 Å². The summed E-state index contributed by atoms with van der Waals surface area (Å²) in [5.41, 5.74) is 1.21. The molecule has 7 nitrogen and oxygen atoms in total. The second-order valence-corrected chi connectivity index (χ2v) is 10.6. The zero-order valence-corrected chi connectivity index (χ0v) is 18.0. The highest BCUT2D eigenvalue weighted by molar-refractivity contribution is 7.89. The zero-order valence-electron chi connectivity index (χ0n) is 17.2. The molecule has 3 fully saturated rings. The minimum atomic E-state index is -3.55. The molecule has 2 heterocycles. The van der Waals surface area contributed by atoms with E-state index in [0.29, 0.717) is 37.5 Å². The standard InChI is InChI=1S/C21H29N3O4S/c1-16-5-6-17(2)18(13-16)29(27,28)23-11-9-22(10-12-23)15-24-19(25)14-21(20(24)26)7-3-4-8-21/h5-6,13H,3-4,7-12,14-15H2,1-2H3. The lowest BCUT2D eigenvalue weighted by Crippen LogP contribution is -2.52. The van der Waals surface area contributed by atoms with Gasteiger partial charge in [-0.1, -0.05) is 25.0 Å². The summed E-state index contributed by atoms with van der Waals surface area (Å²) in [7, 11) is -3.55. The van der Waals surface area contributed by atoms with Gasteiger partial charge in [-0.25, -0.2) is 8.42 Å². The highest BCUT2D eigenvalue weighted by Gasteiger charge is 2.52. The summed E-state index contributed by atoms with van der Waals surface area (Å²) < 4.78 is 27.7. The molecule has 0 bridgehead atoms. The lowest BCUT2D eigenvalue weighted by atomic mass is 9.85. The number of carbonyl (C=O) groups excluding carboxylic acids is 2. The number of benzene rings is 1. The second-order valence-electron chi connectivity index (χ2n) is 8.72. The third-order valence-corrected chi connectivity index (χ3v) is 8.72. The number of hydrogen-bond acceptors (Lipinski definition) is 5. The summed E-state index contributed by atoms with van der Waals surface area (Å²) in [6, 6.07) is 5.47. The Morgan fingerprint density at radius 1 is 1.00 bits per heavy atom. The van der Waals surface area contributed by atoms with E-state index < -0.39 is 15.4 Å². The lowest BCUT2D eigenvalue weighted by Gasteiger charge is -2.36. The van der Waals surface area contributed by atoms with Gasteiger partial charge in [0, 0.05) is 32.6 Å². The summed E-state index contributed by atoms with van der Waals surface area (Å²) in [6.45, 7) is 5.71. The predicted molar refractivity (Wildman–Crippen MR) is 108 cm³/mol. The van der Waals surface area contributed by atoms with Crippen LogP contribution in [0.1, 0.15) is 43.2 Å². The highest BCUT2D eigenvalue weighted by atomic mass is 32.2. The maximum absolute atomic E-state index is 13.1. The molecule has 8 heteroatoms. The molecule has 158 valence electrons. The van der Waals surface area contributed by atoms with Crippen molar-refractivity contribution >= 4 is 21.8 Å². The molecule has 0 N–H and O–H groups in total. The third kappa shape index (κ3) is 3.62. The van der Waals surface area contributed by atoms with E-state index in [9.17, 15) is 18.0 Å². The molecule has 0 unspecified atom stereocenters. The van der Waals surface area contributed by atoms with Crippen molar-refractivity contribution in [1.29, 1.82) is 0 Å². The number of nitrogens with zero attached hydrogens (tertiary/aromatic N) is 3. The smallest absolute Gasteiger partial charge is 0.243 e. The van der Waals surface area contributed by atoms with Crippen LogP contribution in [0.25, 0.3) is 0 Å². The average molecular weight is 420 g/mol. The van der Waals surface area contributed by atoms with Gasteiger partial charge in [0.15, 0.2) is 0 Å². The fraction of sp³-hybridized carbons (Fsp3) is 0.619. The Hall–Kier alpha value is -1.77. The normalized spacial score (nSPS) is 23.4. The van der Waals surface area contributed by atoms with Gasteiger partial charge in [0.05, 0.1) is 17.0 Å². The predicted octanol–water partition coefficient (Wildman–Crippen LogP) is 1.89. The molecular weight excluding hydrogens is 390 g/mol. The first-order chi connectivity index (χ1) is 13.7. The van der Waals surface area contributed by atoms with Crippen molar-refractivity contribution in [3.8, 4) is 0 Å². The van der Waals surface area contributed by atoms with Crippen LogP contribution in [0.15, 0.2) is 23.1 Å².